The second kappa shape index (κ2) is 14.5. The molecular weight excluding hydrogens is 538 g/mol. The van der Waals surface area contributed by atoms with Crippen LogP contribution in [0.4, 0.5) is 0 Å². The Morgan fingerprint density at radius 1 is 0.907 bits per heavy atom. The van der Waals surface area contributed by atoms with E-state index in [0.717, 1.165) is 58.6 Å². The standard InChI is InChI=1S/C36H41N3O4/c1-25-34(23-39(3)20-18-33-9-4-5-19-37-33)42-36(43-35(25)30-12-10-27(24-40)11-13-30)31-16-14-29(15-17-31)32-8-6-7-28(21-32)22-38-26(2)41/h4-17,19,21,25,34-36,40H,18,20,22-24H2,1-3H3,(H,38,41)/t25-,34+,35+,36+/m0/s1. The molecule has 0 unspecified atom stereocenters. The number of nitrogens with zero attached hydrogens (tertiary/aromatic N) is 2. The van der Waals surface area contributed by atoms with Gasteiger partial charge in [-0.1, -0.05) is 79.7 Å². The number of benzene rings is 3. The highest BCUT2D eigenvalue weighted by atomic mass is 16.7. The van der Waals surface area contributed by atoms with E-state index in [1.165, 1.54) is 6.92 Å². The molecule has 1 saturated heterocycles. The predicted molar refractivity (Wildman–Crippen MR) is 168 cm³/mol. The van der Waals surface area contributed by atoms with Crippen molar-refractivity contribution >= 4 is 5.91 Å². The van der Waals surface area contributed by atoms with Crippen LogP contribution in [-0.4, -0.2) is 47.1 Å². The zero-order chi connectivity index (χ0) is 30.2. The van der Waals surface area contributed by atoms with E-state index in [-0.39, 0.29) is 30.6 Å². The zero-order valence-corrected chi connectivity index (χ0v) is 25.1. The third-order valence-corrected chi connectivity index (χ3v) is 8.08. The zero-order valence-electron chi connectivity index (χ0n) is 25.1. The number of hydrogen-bond donors (Lipinski definition) is 2. The molecule has 0 spiro atoms. The maximum absolute atomic E-state index is 11.3. The van der Waals surface area contributed by atoms with Gasteiger partial charge in [0.15, 0.2) is 6.29 Å². The van der Waals surface area contributed by atoms with Crippen LogP contribution in [0.5, 0.6) is 0 Å². The monoisotopic (exact) mass is 579 g/mol. The first-order valence-electron chi connectivity index (χ1n) is 14.9. The number of pyridine rings is 1. The van der Waals surface area contributed by atoms with E-state index >= 15 is 0 Å². The molecule has 0 radical (unpaired) electrons. The Labute approximate surface area is 254 Å². The van der Waals surface area contributed by atoms with Crippen LogP contribution in [0.3, 0.4) is 0 Å². The van der Waals surface area contributed by atoms with E-state index in [0.29, 0.717) is 6.54 Å². The van der Waals surface area contributed by atoms with E-state index in [4.69, 9.17) is 9.47 Å². The number of ether oxygens (including phenoxy) is 2. The van der Waals surface area contributed by atoms with Crippen LogP contribution >= 0.6 is 0 Å². The van der Waals surface area contributed by atoms with Crippen LogP contribution in [0.15, 0.2) is 97.2 Å². The first kappa shape index (κ1) is 30.6. The lowest BCUT2D eigenvalue weighted by molar-refractivity contribution is -0.275. The van der Waals surface area contributed by atoms with Crippen molar-refractivity contribution in [1.29, 1.82) is 0 Å². The Morgan fingerprint density at radius 2 is 1.67 bits per heavy atom. The molecule has 43 heavy (non-hydrogen) atoms. The van der Waals surface area contributed by atoms with Crippen LogP contribution in [0.25, 0.3) is 11.1 Å². The van der Waals surface area contributed by atoms with Crippen LogP contribution < -0.4 is 5.32 Å². The summed E-state index contributed by atoms with van der Waals surface area (Å²) in [5.74, 6) is 0.0658. The van der Waals surface area contributed by atoms with E-state index in [1.54, 1.807) is 0 Å². The van der Waals surface area contributed by atoms with Crippen molar-refractivity contribution in [2.24, 2.45) is 5.92 Å². The fourth-order valence-electron chi connectivity index (χ4n) is 5.50. The van der Waals surface area contributed by atoms with Crippen molar-refractivity contribution in [1.82, 2.24) is 15.2 Å². The Bertz CT molecular complexity index is 1460. The molecule has 7 heteroatoms. The van der Waals surface area contributed by atoms with Gasteiger partial charge in [0.1, 0.15) is 0 Å². The summed E-state index contributed by atoms with van der Waals surface area (Å²) < 4.78 is 13.3. The fraction of sp³-hybridized carbons (Fsp3) is 0.333. The Kier molecular flexibility index (Phi) is 10.3. The summed E-state index contributed by atoms with van der Waals surface area (Å²) in [7, 11) is 2.13. The summed E-state index contributed by atoms with van der Waals surface area (Å²) >= 11 is 0. The molecule has 5 rings (SSSR count). The lowest BCUT2D eigenvalue weighted by Crippen LogP contribution is -2.43. The van der Waals surface area contributed by atoms with Crippen molar-refractivity contribution in [2.45, 2.75) is 51.9 Å². The maximum atomic E-state index is 11.3. The topological polar surface area (TPSA) is 83.9 Å². The Morgan fingerprint density at radius 3 is 2.37 bits per heavy atom. The highest BCUT2D eigenvalue weighted by molar-refractivity contribution is 5.73. The van der Waals surface area contributed by atoms with Crippen molar-refractivity contribution in [2.75, 3.05) is 20.1 Å². The van der Waals surface area contributed by atoms with Gasteiger partial charge in [-0.3, -0.25) is 9.78 Å². The fourth-order valence-corrected chi connectivity index (χ4v) is 5.50. The molecule has 2 N–H and O–H groups in total. The molecule has 7 nitrogen and oxygen atoms in total. The number of rotatable bonds is 11. The molecule has 1 fully saturated rings. The molecule has 1 aliphatic rings. The molecule has 2 heterocycles. The number of nitrogens with one attached hydrogen (secondary N) is 1. The summed E-state index contributed by atoms with van der Waals surface area (Å²) in [5.41, 5.74) is 7.21. The van der Waals surface area contributed by atoms with Gasteiger partial charge in [-0.2, -0.15) is 0 Å². The molecule has 1 amide bonds. The van der Waals surface area contributed by atoms with Gasteiger partial charge in [-0.25, -0.2) is 0 Å². The van der Waals surface area contributed by atoms with Crippen molar-refractivity contribution in [3.05, 3.63) is 125 Å². The van der Waals surface area contributed by atoms with Gasteiger partial charge < -0.3 is 24.8 Å². The van der Waals surface area contributed by atoms with Crippen LogP contribution in [0.2, 0.25) is 0 Å². The van der Waals surface area contributed by atoms with Crippen molar-refractivity contribution in [3.63, 3.8) is 0 Å². The van der Waals surface area contributed by atoms with Gasteiger partial charge in [-0.15, -0.1) is 0 Å². The number of aliphatic hydroxyl groups excluding tert-OH is 1. The second-order valence-electron chi connectivity index (χ2n) is 11.4. The summed E-state index contributed by atoms with van der Waals surface area (Å²) in [5, 5.41) is 12.4. The van der Waals surface area contributed by atoms with Gasteiger partial charge in [0.05, 0.1) is 18.8 Å². The number of carbonyl (C=O) groups is 1. The van der Waals surface area contributed by atoms with Crippen LogP contribution in [-0.2, 0) is 33.8 Å². The van der Waals surface area contributed by atoms with E-state index in [1.807, 2.05) is 54.7 Å². The molecule has 224 valence electrons. The van der Waals surface area contributed by atoms with E-state index in [9.17, 15) is 9.90 Å². The van der Waals surface area contributed by atoms with Crippen molar-refractivity contribution in [3.8, 4) is 11.1 Å². The molecule has 3 aromatic carbocycles. The smallest absolute Gasteiger partial charge is 0.217 e. The first-order valence-corrected chi connectivity index (χ1v) is 14.9. The molecule has 1 aliphatic heterocycles. The van der Waals surface area contributed by atoms with E-state index < -0.39 is 6.29 Å². The summed E-state index contributed by atoms with van der Waals surface area (Å²) in [6.07, 6.45) is 1.97. The van der Waals surface area contributed by atoms with Gasteiger partial charge in [0.2, 0.25) is 5.91 Å². The van der Waals surface area contributed by atoms with Crippen LogP contribution in [0, 0.1) is 5.92 Å². The lowest BCUT2D eigenvalue weighted by Gasteiger charge is -2.42. The van der Waals surface area contributed by atoms with Gasteiger partial charge >= 0.3 is 0 Å². The lowest BCUT2D eigenvalue weighted by atomic mass is 9.90. The highest BCUT2D eigenvalue weighted by Crippen LogP contribution is 2.42. The number of carbonyl (C=O) groups excluding carboxylic acids is 1. The third kappa shape index (κ3) is 8.15. The Balaban J connectivity index is 1.33. The number of amides is 1. The average molecular weight is 580 g/mol. The molecule has 0 aliphatic carbocycles. The minimum absolute atomic E-state index is 0.0132. The molecule has 4 aromatic rings. The SMILES string of the molecule is CC(=O)NCc1cccc(-c2ccc([C@@H]3O[C@H](CN(C)CCc4ccccn4)[C@H](C)[C@H](c4ccc(CO)cc4)O3)cc2)c1. The number of aliphatic hydroxyl groups is 1. The maximum Gasteiger partial charge on any atom is 0.217 e. The second-order valence-corrected chi connectivity index (χ2v) is 11.4. The first-order chi connectivity index (χ1) is 20.9. The van der Waals surface area contributed by atoms with Gasteiger partial charge in [-0.05, 0) is 53.1 Å². The number of hydrogen-bond acceptors (Lipinski definition) is 6. The normalized spacial score (nSPS) is 20.2. The quantitative estimate of drug-likeness (QED) is 0.232. The molecule has 4 atom stereocenters. The number of aromatic nitrogens is 1. The predicted octanol–water partition coefficient (Wildman–Crippen LogP) is 5.84. The van der Waals surface area contributed by atoms with Crippen molar-refractivity contribution < 1.29 is 19.4 Å². The summed E-state index contributed by atoms with van der Waals surface area (Å²) in [6.45, 7) is 5.87. The van der Waals surface area contributed by atoms with E-state index in [2.05, 4.69) is 71.6 Å². The molecule has 0 bridgehead atoms. The summed E-state index contributed by atoms with van der Waals surface area (Å²) in [6, 6.07) is 30.6. The average Bonchev–Trinajstić information content (AvgIpc) is 3.04. The third-order valence-electron chi connectivity index (χ3n) is 8.08. The van der Waals surface area contributed by atoms with Crippen LogP contribution in [0.1, 0.15) is 54.2 Å². The largest absolute Gasteiger partial charge is 0.392 e. The highest BCUT2D eigenvalue weighted by Gasteiger charge is 2.38. The summed E-state index contributed by atoms with van der Waals surface area (Å²) in [4.78, 5) is 18.1. The minimum Gasteiger partial charge on any atom is -0.392 e. The molecular formula is C36H41N3O4. The number of likely N-dealkylation sites (N-methyl/N-ethyl adjacent to an activating group) is 1. The Hall–Kier alpha value is -3.88. The molecule has 0 saturated carbocycles. The molecule has 1 aromatic heterocycles. The van der Waals surface area contributed by atoms with Gasteiger partial charge in [0, 0.05) is 56.4 Å². The van der Waals surface area contributed by atoms with Gasteiger partial charge in [0.25, 0.3) is 0 Å². The minimum atomic E-state index is -0.520.